The number of hydrogen-bond acceptors (Lipinski definition) is 5. The first-order valence-electron chi connectivity index (χ1n) is 5.55. The molecule has 0 spiro atoms. The highest BCUT2D eigenvalue weighted by molar-refractivity contribution is 4.97. The zero-order valence-electron chi connectivity index (χ0n) is 8.61. The second-order valence-corrected chi connectivity index (χ2v) is 4.26. The van der Waals surface area contributed by atoms with Crippen LogP contribution < -0.4 is 5.32 Å². The second kappa shape index (κ2) is 3.90. The van der Waals surface area contributed by atoms with Crippen LogP contribution >= 0.6 is 0 Å². The van der Waals surface area contributed by atoms with E-state index in [0.29, 0.717) is 24.4 Å². The van der Waals surface area contributed by atoms with E-state index in [-0.39, 0.29) is 0 Å². The van der Waals surface area contributed by atoms with Crippen molar-refractivity contribution in [2.75, 3.05) is 13.2 Å². The molecule has 0 radical (unpaired) electrons. The molecule has 1 atom stereocenters. The number of rotatable bonds is 4. The summed E-state index contributed by atoms with van der Waals surface area (Å²) in [5.74, 6) is 1.84. The van der Waals surface area contributed by atoms with Crippen molar-refractivity contribution in [3.8, 4) is 0 Å². The summed E-state index contributed by atoms with van der Waals surface area (Å²) in [6, 6.07) is 0.676. The van der Waals surface area contributed by atoms with E-state index in [2.05, 4.69) is 15.5 Å². The number of aromatic nitrogens is 2. The van der Waals surface area contributed by atoms with Gasteiger partial charge >= 0.3 is 0 Å². The Balaban J connectivity index is 1.59. The Morgan fingerprint density at radius 3 is 3.00 bits per heavy atom. The molecule has 15 heavy (non-hydrogen) atoms. The number of nitrogens with one attached hydrogen (secondary N) is 1. The van der Waals surface area contributed by atoms with Crippen LogP contribution in [0, 0.1) is 0 Å². The molecule has 1 saturated carbocycles. The lowest BCUT2D eigenvalue weighted by molar-refractivity contribution is 0.192. The van der Waals surface area contributed by atoms with Crippen LogP contribution in [0.4, 0.5) is 0 Å². The fourth-order valence-electron chi connectivity index (χ4n) is 1.76. The predicted molar refractivity (Wildman–Crippen MR) is 52.3 cm³/mol. The van der Waals surface area contributed by atoms with Crippen molar-refractivity contribution in [3.05, 3.63) is 11.7 Å². The molecule has 1 aromatic rings. The fourth-order valence-corrected chi connectivity index (χ4v) is 1.76. The minimum absolute atomic E-state index is 0.337. The van der Waals surface area contributed by atoms with Gasteiger partial charge in [0.25, 0.3) is 0 Å². The Morgan fingerprint density at radius 2 is 2.27 bits per heavy atom. The van der Waals surface area contributed by atoms with E-state index in [1.807, 2.05) is 0 Å². The Hall–Kier alpha value is -0.940. The van der Waals surface area contributed by atoms with Crippen molar-refractivity contribution in [2.45, 2.75) is 37.8 Å². The third kappa shape index (κ3) is 2.18. The molecule has 1 aliphatic carbocycles. The molecule has 2 aliphatic rings. The lowest BCUT2D eigenvalue weighted by Gasteiger charge is -1.98. The number of hydrogen-bond donors (Lipinski definition) is 1. The Kier molecular flexibility index (Phi) is 2.42. The highest BCUT2D eigenvalue weighted by atomic mass is 16.5. The van der Waals surface area contributed by atoms with E-state index in [1.165, 1.54) is 12.8 Å². The van der Waals surface area contributed by atoms with Gasteiger partial charge in [0.05, 0.1) is 13.2 Å². The molecular weight excluding hydrogens is 194 g/mol. The third-order valence-electron chi connectivity index (χ3n) is 2.90. The largest absolute Gasteiger partial charge is 0.381 e. The van der Waals surface area contributed by atoms with Gasteiger partial charge in [-0.15, -0.1) is 0 Å². The molecule has 2 fully saturated rings. The first kappa shape index (κ1) is 9.30. The van der Waals surface area contributed by atoms with Crippen molar-refractivity contribution in [1.82, 2.24) is 15.5 Å². The van der Waals surface area contributed by atoms with E-state index in [1.54, 1.807) is 0 Å². The van der Waals surface area contributed by atoms with Gasteiger partial charge in [0.1, 0.15) is 0 Å². The van der Waals surface area contributed by atoms with Crippen molar-refractivity contribution < 1.29 is 9.26 Å². The van der Waals surface area contributed by atoms with Gasteiger partial charge in [-0.25, -0.2) is 0 Å². The molecule has 0 amide bonds. The first-order chi connectivity index (χ1) is 7.42. The zero-order valence-corrected chi connectivity index (χ0v) is 8.61. The van der Waals surface area contributed by atoms with Crippen LogP contribution in [0.25, 0.3) is 0 Å². The normalized spacial score (nSPS) is 26.0. The van der Waals surface area contributed by atoms with Crippen LogP contribution in [0.15, 0.2) is 4.52 Å². The van der Waals surface area contributed by atoms with Gasteiger partial charge in [-0.3, -0.25) is 0 Å². The Labute approximate surface area is 88.2 Å². The summed E-state index contributed by atoms with van der Waals surface area (Å²) >= 11 is 0. The van der Waals surface area contributed by atoms with Crippen LogP contribution in [0.5, 0.6) is 0 Å². The lowest BCUT2D eigenvalue weighted by atomic mass is 10.1. The highest BCUT2D eigenvalue weighted by Gasteiger charge is 2.24. The maximum Gasteiger partial charge on any atom is 0.240 e. The van der Waals surface area contributed by atoms with Crippen molar-refractivity contribution >= 4 is 0 Å². The molecule has 0 bridgehead atoms. The maximum atomic E-state index is 5.29. The monoisotopic (exact) mass is 209 g/mol. The highest BCUT2D eigenvalue weighted by Crippen LogP contribution is 2.23. The molecule has 1 aromatic heterocycles. The SMILES string of the molecule is C1CC(c2noc(CNC3CC3)n2)CO1. The Morgan fingerprint density at radius 1 is 1.33 bits per heavy atom. The summed E-state index contributed by atoms with van der Waals surface area (Å²) in [6.45, 7) is 2.25. The molecule has 3 rings (SSSR count). The van der Waals surface area contributed by atoms with E-state index in [9.17, 15) is 0 Å². The van der Waals surface area contributed by atoms with Gasteiger partial charge in [0, 0.05) is 18.6 Å². The van der Waals surface area contributed by atoms with Crippen LogP contribution in [-0.2, 0) is 11.3 Å². The second-order valence-electron chi connectivity index (χ2n) is 4.26. The number of nitrogens with zero attached hydrogens (tertiary/aromatic N) is 2. The van der Waals surface area contributed by atoms with Crippen LogP contribution in [0.2, 0.25) is 0 Å². The molecule has 1 aliphatic heterocycles. The van der Waals surface area contributed by atoms with Gasteiger partial charge < -0.3 is 14.6 Å². The predicted octanol–water partition coefficient (Wildman–Crippen LogP) is 0.825. The van der Waals surface area contributed by atoms with Gasteiger partial charge in [0.2, 0.25) is 5.89 Å². The minimum atomic E-state index is 0.337. The molecule has 82 valence electrons. The van der Waals surface area contributed by atoms with Crippen LogP contribution in [0.3, 0.4) is 0 Å². The molecule has 0 aromatic carbocycles. The van der Waals surface area contributed by atoms with E-state index < -0.39 is 0 Å². The van der Waals surface area contributed by atoms with Crippen LogP contribution in [0.1, 0.15) is 36.9 Å². The maximum absolute atomic E-state index is 5.29. The topological polar surface area (TPSA) is 60.2 Å². The standard InChI is InChI=1S/C10H15N3O2/c1-2-8(1)11-5-9-12-10(13-15-9)7-3-4-14-6-7/h7-8,11H,1-6H2. The Bertz CT molecular complexity index is 329. The molecule has 2 heterocycles. The molecule has 5 nitrogen and oxygen atoms in total. The van der Waals surface area contributed by atoms with E-state index in [0.717, 1.165) is 25.5 Å². The van der Waals surface area contributed by atoms with Gasteiger partial charge in [-0.2, -0.15) is 4.98 Å². The summed E-state index contributed by atoms with van der Waals surface area (Å²) in [4.78, 5) is 4.37. The van der Waals surface area contributed by atoms with Crippen molar-refractivity contribution in [1.29, 1.82) is 0 Å². The summed E-state index contributed by atoms with van der Waals surface area (Å²) in [6.07, 6.45) is 3.56. The van der Waals surface area contributed by atoms with Gasteiger partial charge in [0.15, 0.2) is 5.82 Å². The smallest absolute Gasteiger partial charge is 0.240 e. The van der Waals surface area contributed by atoms with E-state index in [4.69, 9.17) is 9.26 Å². The lowest BCUT2D eigenvalue weighted by Crippen LogP contribution is -2.15. The quantitative estimate of drug-likeness (QED) is 0.795. The van der Waals surface area contributed by atoms with Gasteiger partial charge in [-0.05, 0) is 19.3 Å². The zero-order chi connectivity index (χ0) is 10.1. The molecule has 1 unspecified atom stereocenters. The average Bonchev–Trinajstić information content (AvgIpc) is 2.78. The first-order valence-corrected chi connectivity index (χ1v) is 5.55. The number of ether oxygens (including phenoxy) is 1. The van der Waals surface area contributed by atoms with Crippen LogP contribution in [-0.4, -0.2) is 29.4 Å². The summed E-state index contributed by atoms with van der Waals surface area (Å²) in [5.41, 5.74) is 0. The summed E-state index contributed by atoms with van der Waals surface area (Å²) in [5, 5.41) is 7.34. The summed E-state index contributed by atoms with van der Waals surface area (Å²) < 4.78 is 10.5. The van der Waals surface area contributed by atoms with Crippen molar-refractivity contribution in [3.63, 3.8) is 0 Å². The third-order valence-corrected chi connectivity index (χ3v) is 2.90. The van der Waals surface area contributed by atoms with Gasteiger partial charge in [-0.1, -0.05) is 5.16 Å². The molecular formula is C10H15N3O2. The fraction of sp³-hybridized carbons (Fsp3) is 0.800. The molecule has 5 heteroatoms. The molecule has 1 N–H and O–H groups in total. The van der Waals surface area contributed by atoms with Crippen molar-refractivity contribution in [2.24, 2.45) is 0 Å². The summed E-state index contributed by atoms with van der Waals surface area (Å²) in [7, 11) is 0. The molecule has 1 saturated heterocycles. The minimum Gasteiger partial charge on any atom is -0.381 e. The van der Waals surface area contributed by atoms with E-state index >= 15 is 0 Å². The average molecular weight is 209 g/mol.